The maximum absolute atomic E-state index is 12.4. The van der Waals surface area contributed by atoms with Crippen LogP contribution in [0.3, 0.4) is 0 Å². The number of aliphatic imine (C=N–C) groups is 1. The summed E-state index contributed by atoms with van der Waals surface area (Å²) < 4.78 is 0. The fourth-order valence-corrected chi connectivity index (χ4v) is 2.87. The van der Waals surface area contributed by atoms with Crippen molar-refractivity contribution in [1.82, 2.24) is 16.0 Å². The number of nitrogens with one attached hydrogen (secondary N) is 5. The van der Waals surface area contributed by atoms with Gasteiger partial charge in [0.25, 0.3) is 5.91 Å². The second-order valence-corrected chi connectivity index (χ2v) is 6.03. The first-order chi connectivity index (χ1) is 12.1. The Morgan fingerprint density at radius 3 is 2.88 bits per heavy atom. The molecule has 0 aliphatic carbocycles. The average Bonchev–Trinajstić information content (AvgIpc) is 2.58. The summed E-state index contributed by atoms with van der Waals surface area (Å²) in [6.45, 7) is 2.61. The minimum Gasteiger partial charge on any atom is -0.375 e. The molecule has 7 heteroatoms. The van der Waals surface area contributed by atoms with E-state index < -0.39 is 0 Å². The highest BCUT2D eigenvalue weighted by Gasteiger charge is 2.18. The Hall–Kier alpha value is -3.09. The summed E-state index contributed by atoms with van der Waals surface area (Å²) in [4.78, 5) is 16.9. The van der Waals surface area contributed by atoms with E-state index in [9.17, 15) is 4.79 Å². The van der Waals surface area contributed by atoms with Gasteiger partial charge in [-0.15, -0.1) is 0 Å². The van der Waals surface area contributed by atoms with Crippen molar-refractivity contribution < 1.29 is 4.79 Å². The third-order valence-corrected chi connectivity index (χ3v) is 4.02. The van der Waals surface area contributed by atoms with Crippen molar-refractivity contribution in [3.63, 3.8) is 0 Å². The lowest BCUT2D eigenvalue weighted by atomic mass is 10.1. The van der Waals surface area contributed by atoms with Crippen molar-refractivity contribution in [2.45, 2.75) is 19.8 Å². The number of fused-ring (bicyclic) bond motifs is 3. The predicted octanol–water partition coefficient (Wildman–Crippen LogP) is 1.39. The lowest BCUT2D eigenvalue weighted by molar-refractivity contribution is -0.117. The van der Waals surface area contributed by atoms with Crippen LogP contribution in [0.2, 0.25) is 0 Å². The summed E-state index contributed by atoms with van der Waals surface area (Å²) in [6, 6.07) is 6.31. The molecule has 0 unspecified atom stereocenters. The molecule has 0 radical (unpaired) electrons. The number of carbonyl (C=O) groups is 1. The second kappa shape index (κ2) is 7.21. The Morgan fingerprint density at radius 2 is 2.12 bits per heavy atom. The van der Waals surface area contributed by atoms with Crippen molar-refractivity contribution >= 4 is 23.6 Å². The van der Waals surface area contributed by atoms with Crippen molar-refractivity contribution in [3.8, 4) is 0 Å². The largest absolute Gasteiger partial charge is 0.375 e. The SMILES string of the molecule is CNC1=CC2=N/C(=C(/C=N)C(=O)NCCCc3cc(C)cc(c3)N2)N1. The maximum atomic E-state index is 12.4. The van der Waals surface area contributed by atoms with Crippen LogP contribution < -0.4 is 21.3 Å². The number of benzene rings is 1. The van der Waals surface area contributed by atoms with Gasteiger partial charge in [-0.1, -0.05) is 6.07 Å². The number of rotatable bonds is 2. The van der Waals surface area contributed by atoms with Gasteiger partial charge in [0.05, 0.1) is 5.57 Å². The first-order valence-corrected chi connectivity index (χ1v) is 8.25. The molecule has 130 valence electrons. The van der Waals surface area contributed by atoms with Crippen LogP contribution in [-0.4, -0.2) is 31.5 Å². The molecule has 2 heterocycles. The summed E-state index contributed by atoms with van der Waals surface area (Å²) in [5.74, 6) is 1.33. The van der Waals surface area contributed by atoms with Gasteiger partial charge in [0.15, 0.2) is 0 Å². The Morgan fingerprint density at radius 1 is 1.28 bits per heavy atom. The Kier molecular flexibility index (Phi) is 4.83. The highest BCUT2D eigenvalue weighted by atomic mass is 16.1. The van der Waals surface area contributed by atoms with E-state index in [4.69, 9.17) is 5.41 Å². The zero-order valence-corrected chi connectivity index (χ0v) is 14.4. The molecule has 0 spiro atoms. The van der Waals surface area contributed by atoms with Crippen LogP contribution in [0.5, 0.6) is 0 Å². The van der Waals surface area contributed by atoms with E-state index in [1.807, 2.05) is 6.08 Å². The van der Waals surface area contributed by atoms with E-state index >= 15 is 0 Å². The maximum Gasteiger partial charge on any atom is 0.256 e. The van der Waals surface area contributed by atoms with Crippen molar-refractivity contribution in [3.05, 3.63) is 52.6 Å². The second-order valence-electron chi connectivity index (χ2n) is 6.03. The van der Waals surface area contributed by atoms with Crippen LogP contribution in [0.1, 0.15) is 17.5 Å². The zero-order chi connectivity index (χ0) is 17.8. The van der Waals surface area contributed by atoms with Gasteiger partial charge < -0.3 is 26.7 Å². The van der Waals surface area contributed by atoms with Crippen LogP contribution >= 0.6 is 0 Å². The fourth-order valence-electron chi connectivity index (χ4n) is 2.87. The molecule has 5 N–H and O–H groups in total. The molecule has 2 aliphatic heterocycles. The van der Waals surface area contributed by atoms with E-state index in [-0.39, 0.29) is 11.5 Å². The number of amides is 1. The predicted molar refractivity (Wildman–Crippen MR) is 99.7 cm³/mol. The average molecular weight is 338 g/mol. The standard InChI is InChI=1S/C18H22N6O/c1-11-6-12-4-3-5-21-18(25)14(10-19)17-23-15(20-2)9-16(24-17)22-13(7-11)8-12/h6-10,19-20,23H,3-5H2,1-2H3,(H,21,25)(H,22,24)/b17-14-,19-10?. The number of carbonyl (C=O) groups excluding carboxylic acids is 1. The van der Waals surface area contributed by atoms with E-state index in [1.165, 1.54) is 11.1 Å². The van der Waals surface area contributed by atoms with Gasteiger partial charge in [-0.25, -0.2) is 4.99 Å². The molecule has 1 amide bonds. The highest BCUT2D eigenvalue weighted by molar-refractivity contribution is 6.13. The molecule has 0 saturated heterocycles. The van der Waals surface area contributed by atoms with Gasteiger partial charge in [0.2, 0.25) is 0 Å². The summed E-state index contributed by atoms with van der Waals surface area (Å²) in [6.07, 6.45) is 4.55. The van der Waals surface area contributed by atoms with Gasteiger partial charge in [-0.05, 0) is 43.0 Å². The van der Waals surface area contributed by atoms with Gasteiger partial charge in [0.1, 0.15) is 17.5 Å². The van der Waals surface area contributed by atoms with Crippen LogP contribution in [0.4, 0.5) is 5.69 Å². The molecule has 3 rings (SSSR count). The summed E-state index contributed by atoms with van der Waals surface area (Å²) in [5.41, 5.74) is 3.53. The van der Waals surface area contributed by atoms with Gasteiger partial charge >= 0.3 is 0 Å². The van der Waals surface area contributed by atoms with E-state index in [2.05, 4.69) is 51.4 Å². The number of hydrogen-bond donors (Lipinski definition) is 5. The fraction of sp³-hybridized carbons (Fsp3) is 0.278. The van der Waals surface area contributed by atoms with Crippen molar-refractivity contribution in [1.29, 1.82) is 5.41 Å². The summed E-state index contributed by atoms with van der Waals surface area (Å²) in [5, 5.41) is 19.8. The number of amidine groups is 1. The van der Waals surface area contributed by atoms with Gasteiger partial charge in [-0.3, -0.25) is 4.79 Å². The molecule has 4 bridgehead atoms. The monoisotopic (exact) mass is 338 g/mol. The molecular weight excluding hydrogens is 316 g/mol. The molecule has 25 heavy (non-hydrogen) atoms. The lowest BCUT2D eigenvalue weighted by Gasteiger charge is -2.20. The van der Waals surface area contributed by atoms with E-state index in [0.29, 0.717) is 24.0 Å². The Balaban J connectivity index is 2.08. The molecule has 0 saturated carbocycles. The first kappa shape index (κ1) is 16.8. The Bertz CT molecular complexity index is 806. The topological polar surface area (TPSA) is 101 Å². The van der Waals surface area contributed by atoms with E-state index in [1.54, 1.807) is 7.05 Å². The third kappa shape index (κ3) is 3.88. The Labute approximate surface area is 146 Å². The third-order valence-electron chi connectivity index (χ3n) is 4.02. The molecule has 1 aromatic carbocycles. The molecule has 7 nitrogen and oxygen atoms in total. The molecule has 2 aliphatic rings. The van der Waals surface area contributed by atoms with Crippen molar-refractivity contribution in [2.75, 3.05) is 18.9 Å². The number of nitrogens with zero attached hydrogens (tertiary/aromatic N) is 1. The van der Waals surface area contributed by atoms with E-state index in [0.717, 1.165) is 24.7 Å². The van der Waals surface area contributed by atoms with Gasteiger partial charge in [-0.2, -0.15) is 0 Å². The normalized spacial score (nSPS) is 20.3. The van der Waals surface area contributed by atoms with Crippen LogP contribution in [0, 0.1) is 12.3 Å². The smallest absolute Gasteiger partial charge is 0.256 e. The lowest BCUT2D eigenvalue weighted by Crippen LogP contribution is -2.34. The molecular formula is C18H22N6O. The summed E-state index contributed by atoms with van der Waals surface area (Å²) in [7, 11) is 1.78. The molecule has 0 aromatic heterocycles. The number of aryl methyl sites for hydroxylation is 2. The first-order valence-electron chi connectivity index (χ1n) is 8.25. The minimum absolute atomic E-state index is 0.197. The van der Waals surface area contributed by atoms with Crippen LogP contribution in [-0.2, 0) is 11.2 Å². The van der Waals surface area contributed by atoms with Crippen LogP contribution in [0.15, 0.2) is 46.5 Å². The zero-order valence-electron chi connectivity index (χ0n) is 14.4. The molecule has 1 aromatic rings. The van der Waals surface area contributed by atoms with Crippen molar-refractivity contribution in [2.24, 2.45) is 4.99 Å². The van der Waals surface area contributed by atoms with Gasteiger partial charge in [0, 0.05) is 31.6 Å². The number of hydrogen-bond acceptors (Lipinski definition) is 6. The molecule has 0 fully saturated rings. The highest BCUT2D eigenvalue weighted by Crippen LogP contribution is 2.18. The summed E-state index contributed by atoms with van der Waals surface area (Å²) >= 11 is 0. The van der Waals surface area contributed by atoms with Crippen LogP contribution in [0.25, 0.3) is 0 Å². The number of anilines is 1. The molecule has 0 atom stereocenters. The minimum atomic E-state index is -0.305. The quantitative estimate of drug-likeness (QED) is 0.526.